The zero-order valence-electron chi connectivity index (χ0n) is 13.2. The Bertz CT molecular complexity index is 352. The molecule has 1 rings (SSSR count). The van der Waals surface area contributed by atoms with E-state index in [1.165, 1.54) is 56.9 Å². The topological polar surface area (TPSA) is 50.9 Å². The van der Waals surface area contributed by atoms with Crippen LogP contribution in [-0.4, -0.2) is 4.98 Å². The van der Waals surface area contributed by atoms with Crippen LogP contribution in [0.15, 0.2) is 18.3 Å². The van der Waals surface area contributed by atoms with E-state index in [2.05, 4.69) is 29.5 Å². The summed E-state index contributed by atoms with van der Waals surface area (Å²) in [7, 11) is 0. The second-order valence-electron chi connectivity index (χ2n) is 5.71. The SMILES string of the molecule is CCCCCCCCCCC(NN)c1ccnc(C)c1. The molecule has 20 heavy (non-hydrogen) atoms. The normalized spacial score (nSPS) is 12.6. The lowest BCUT2D eigenvalue weighted by molar-refractivity contribution is 0.474. The average Bonchev–Trinajstić information content (AvgIpc) is 2.46. The highest BCUT2D eigenvalue weighted by atomic mass is 15.2. The minimum atomic E-state index is 0.261. The van der Waals surface area contributed by atoms with Gasteiger partial charge in [-0.1, -0.05) is 58.3 Å². The zero-order valence-corrected chi connectivity index (χ0v) is 13.2. The standard InChI is InChI=1S/C17H31N3/c1-3-4-5-6-7-8-9-10-11-17(20-18)16-12-13-19-15(2)14-16/h12-14,17,20H,3-11,18H2,1-2H3. The first-order chi connectivity index (χ1) is 9.77. The largest absolute Gasteiger partial charge is 0.271 e. The van der Waals surface area contributed by atoms with Crippen LogP contribution in [0.2, 0.25) is 0 Å². The number of nitrogens with one attached hydrogen (secondary N) is 1. The summed E-state index contributed by atoms with van der Waals surface area (Å²) < 4.78 is 0. The fourth-order valence-electron chi connectivity index (χ4n) is 2.61. The van der Waals surface area contributed by atoms with Gasteiger partial charge in [-0.05, 0) is 31.0 Å². The summed E-state index contributed by atoms with van der Waals surface area (Å²) in [5, 5.41) is 0. The quantitative estimate of drug-likeness (QED) is 0.357. The zero-order chi connectivity index (χ0) is 14.6. The fourth-order valence-corrected chi connectivity index (χ4v) is 2.61. The van der Waals surface area contributed by atoms with E-state index in [1.54, 1.807) is 0 Å². The Morgan fingerprint density at radius 1 is 1.10 bits per heavy atom. The van der Waals surface area contributed by atoms with Gasteiger partial charge in [-0.3, -0.25) is 16.3 Å². The molecule has 1 unspecified atom stereocenters. The molecule has 1 atom stereocenters. The molecule has 0 bridgehead atoms. The molecule has 0 amide bonds. The Labute approximate surface area is 124 Å². The number of hydrogen-bond acceptors (Lipinski definition) is 3. The van der Waals surface area contributed by atoms with Crippen LogP contribution >= 0.6 is 0 Å². The maximum atomic E-state index is 5.68. The number of unbranched alkanes of at least 4 members (excludes halogenated alkanes) is 7. The van der Waals surface area contributed by atoms with Crippen molar-refractivity contribution in [1.29, 1.82) is 0 Å². The second kappa shape index (κ2) is 10.8. The third-order valence-corrected chi connectivity index (χ3v) is 3.87. The molecule has 1 aromatic heterocycles. The summed E-state index contributed by atoms with van der Waals surface area (Å²) in [5.74, 6) is 5.68. The van der Waals surface area contributed by atoms with E-state index in [0.29, 0.717) is 0 Å². The predicted octanol–water partition coefficient (Wildman–Crippen LogP) is 4.43. The van der Waals surface area contributed by atoms with E-state index in [-0.39, 0.29) is 6.04 Å². The molecule has 0 aliphatic heterocycles. The summed E-state index contributed by atoms with van der Waals surface area (Å²) in [6.45, 7) is 4.29. The molecule has 3 heteroatoms. The molecule has 0 saturated carbocycles. The molecule has 1 aromatic rings. The number of hydrogen-bond donors (Lipinski definition) is 2. The average molecular weight is 277 g/mol. The minimum absolute atomic E-state index is 0.261. The van der Waals surface area contributed by atoms with Gasteiger partial charge in [0.25, 0.3) is 0 Å². The first-order valence-corrected chi connectivity index (χ1v) is 8.16. The van der Waals surface area contributed by atoms with Crippen molar-refractivity contribution in [2.24, 2.45) is 5.84 Å². The highest BCUT2D eigenvalue weighted by Crippen LogP contribution is 2.20. The monoisotopic (exact) mass is 277 g/mol. The summed E-state index contributed by atoms with van der Waals surface area (Å²) in [4.78, 5) is 4.23. The van der Waals surface area contributed by atoms with Gasteiger partial charge in [0.15, 0.2) is 0 Å². The van der Waals surface area contributed by atoms with Gasteiger partial charge in [0.05, 0.1) is 0 Å². The van der Waals surface area contributed by atoms with E-state index in [0.717, 1.165) is 12.1 Å². The summed E-state index contributed by atoms with van der Waals surface area (Å²) in [5.41, 5.74) is 5.24. The lowest BCUT2D eigenvalue weighted by atomic mass is 10.00. The van der Waals surface area contributed by atoms with Gasteiger partial charge in [0.1, 0.15) is 0 Å². The number of aryl methyl sites for hydroxylation is 1. The van der Waals surface area contributed by atoms with E-state index < -0.39 is 0 Å². The molecule has 0 spiro atoms. The lowest BCUT2D eigenvalue weighted by Crippen LogP contribution is -2.28. The van der Waals surface area contributed by atoms with Crippen molar-refractivity contribution in [2.45, 2.75) is 77.7 Å². The number of rotatable bonds is 11. The van der Waals surface area contributed by atoms with Gasteiger partial charge in [-0.2, -0.15) is 0 Å². The molecule has 0 saturated heterocycles. The smallest absolute Gasteiger partial charge is 0.0461 e. The van der Waals surface area contributed by atoms with Crippen molar-refractivity contribution >= 4 is 0 Å². The van der Waals surface area contributed by atoms with Crippen LogP contribution in [0.4, 0.5) is 0 Å². The Morgan fingerprint density at radius 2 is 1.75 bits per heavy atom. The van der Waals surface area contributed by atoms with Crippen LogP contribution in [0.3, 0.4) is 0 Å². The summed E-state index contributed by atoms with van der Waals surface area (Å²) in [6.07, 6.45) is 13.8. The number of nitrogens with zero attached hydrogens (tertiary/aromatic N) is 1. The number of hydrazine groups is 1. The third kappa shape index (κ3) is 7.01. The van der Waals surface area contributed by atoms with E-state index in [9.17, 15) is 0 Å². The Balaban J connectivity index is 2.16. The molecular formula is C17H31N3. The van der Waals surface area contributed by atoms with Crippen LogP contribution in [0.25, 0.3) is 0 Å². The van der Waals surface area contributed by atoms with Crippen molar-refractivity contribution in [1.82, 2.24) is 10.4 Å². The summed E-state index contributed by atoms with van der Waals surface area (Å²) in [6, 6.07) is 4.44. The van der Waals surface area contributed by atoms with Gasteiger partial charge in [-0.25, -0.2) is 0 Å². The van der Waals surface area contributed by atoms with Crippen molar-refractivity contribution in [3.63, 3.8) is 0 Å². The second-order valence-corrected chi connectivity index (χ2v) is 5.71. The van der Waals surface area contributed by atoms with Gasteiger partial charge < -0.3 is 0 Å². The van der Waals surface area contributed by atoms with Gasteiger partial charge in [-0.15, -0.1) is 0 Å². The first-order valence-electron chi connectivity index (χ1n) is 8.16. The minimum Gasteiger partial charge on any atom is -0.271 e. The number of aromatic nitrogens is 1. The maximum Gasteiger partial charge on any atom is 0.0461 e. The highest BCUT2D eigenvalue weighted by Gasteiger charge is 2.09. The number of nitrogens with two attached hydrogens (primary N) is 1. The molecular weight excluding hydrogens is 246 g/mol. The fraction of sp³-hybridized carbons (Fsp3) is 0.706. The molecule has 0 aliphatic carbocycles. The van der Waals surface area contributed by atoms with Crippen LogP contribution in [0.1, 0.15) is 82.0 Å². The molecule has 3 N–H and O–H groups in total. The molecule has 0 aliphatic rings. The predicted molar refractivity (Wildman–Crippen MR) is 86.3 cm³/mol. The van der Waals surface area contributed by atoms with Gasteiger partial charge in [0.2, 0.25) is 0 Å². The van der Waals surface area contributed by atoms with E-state index in [1.807, 2.05) is 13.1 Å². The van der Waals surface area contributed by atoms with Gasteiger partial charge >= 0.3 is 0 Å². The van der Waals surface area contributed by atoms with E-state index >= 15 is 0 Å². The highest BCUT2D eigenvalue weighted by molar-refractivity contribution is 5.19. The molecule has 114 valence electrons. The van der Waals surface area contributed by atoms with Crippen molar-refractivity contribution in [2.75, 3.05) is 0 Å². The van der Waals surface area contributed by atoms with E-state index in [4.69, 9.17) is 5.84 Å². The van der Waals surface area contributed by atoms with Gasteiger partial charge in [0, 0.05) is 17.9 Å². The Morgan fingerprint density at radius 3 is 2.35 bits per heavy atom. The Kier molecular flexibility index (Phi) is 9.25. The van der Waals surface area contributed by atoms with Crippen LogP contribution in [-0.2, 0) is 0 Å². The van der Waals surface area contributed by atoms with Crippen LogP contribution < -0.4 is 11.3 Å². The van der Waals surface area contributed by atoms with Crippen molar-refractivity contribution in [3.8, 4) is 0 Å². The van der Waals surface area contributed by atoms with Crippen molar-refractivity contribution in [3.05, 3.63) is 29.6 Å². The van der Waals surface area contributed by atoms with Crippen LogP contribution in [0.5, 0.6) is 0 Å². The number of pyridine rings is 1. The van der Waals surface area contributed by atoms with Crippen LogP contribution in [0, 0.1) is 6.92 Å². The molecule has 0 radical (unpaired) electrons. The lowest BCUT2D eigenvalue weighted by Gasteiger charge is -2.16. The van der Waals surface area contributed by atoms with Crippen molar-refractivity contribution < 1.29 is 0 Å². The maximum absolute atomic E-state index is 5.68. The Hall–Kier alpha value is -0.930. The summed E-state index contributed by atoms with van der Waals surface area (Å²) >= 11 is 0. The molecule has 1 heterocycles. The third-order valence-electron chi connectivity index (χ3n) is 3.87. The molecule has 0 aromatic carbocycles. The first kappa shape index (κ1) is 17.1. The molecule has 3 nitrogen and oxygen atoms in total. The molecule has 0 fully saturated rings.